The number of ether oxygens (including phenoxy) is 2. The average molecular weight is 361 g/mol. The van der Waals surface area contributed by atoms with E-state index in [2.05, 4.69) is 11.1 Å². The van der Waals surface area contributed by atoms with Crippen molar-refractivity contribution in [1.29, 1.82) is 0 Å². The smallest absolute Gasteiger partial charge is 0.134 e. The lowest BCUT2D eigenvalue weighted by Gasteiger charge is -2.43. The van der Waals surface area contributed by atoms with E-state index in [1.165, 1.54) is 4.91 Å². The van der Waals surface area contributed by atoms with E-state index in [4.69, 9.17) is 13.9 Å². The highest BCUT2D eigenvalue weighted by molar-refractivity contribution is 8.03. The first-order chi connectivity index (χ1) is 12.2. The molecule has 0 unspecified atom stereocenters. The van der Waals surface area contributed by atoms with Gasteiger partial charge in [0.2, 0.25) is 0 Å². The molecule has 4 rings (SSSR count). The van der Waals surface area contributed by atoms with Crippen LogP contribution in [0.4, 0.5) is 0 Å². The van der Waals surface area contributed by atoms with Crippen molar-refractivity contribution in [2.24, 2.45) is 0 Å². The Hall–Kier alpha value is -1.63. The predicted octanol–water partition coefficient (Wildman–Crippen LogP) is 3.51. The third-order valence-electron chi connectivity index (χ3n) is 5.01. The van der Waals surface area contributed by atoms with Crippen LogP contribution in [0.3, 0.4) is 0 Å². The van der Waals surface area contributed by atoms with Gasteiger partial charge in [0.1, 0.15) is 23.7 Å². The Balaban J connectivity index is 1.42. The van der Waals surface area contributed by atoms with E-state index in [1.807, 2.05) is 31.2 Å². The molecule has 0 radical (unpaired) electrons. The van der Waals surface area contributed by atoms with Crippen molar-refractivity contribution in [2.45, 2.75) is 25.3 Å². The zero-order chi connectivity index (χ0) is 17.3. The fourth-order valence-electron chi connectivity index (χ4n) is 3.44. The number of rotatable bonds is 5. The Labute approximate surface area is 151 Å². The Bertz CT molecular complexity index is 779. The molecule has 0 aliphatic carbocycles. The zero-order valence-corrected chi connectivity index (χ0v) is 15.2. The van der Waals surface area contributed by atoms with E-state index in [9.17, 15) is 5.11 Å². The fourth-order valence-corrected chi connectivity index (χ4v) is 4.44. The quantitative estimate of drug-likeness (QED) is 0.880. The highest BCUT2D eigenvalue weighted by atomic mass is 32.2. The second-order valence-electron chi connectivity index (χ2n) is 6.68. The van der Waals surface area contributed by atoms with Crippen LogP contribution in [-0.2, 0) is 4.74 Å². The lowest BCUT2D eigenvalue weighted by Crippen LogP contribution is -2.51. The van der Waals surface area contributed by atoms with Gasteiger partial charge in [-0.3, -0.25) is 0 Å². The number of fused-ring (bicyclic) bond motifs is 1. The van der Waals surface area contributed by atoms with Crippen molar-refractivity contribution in [3.8, 4) is 5.75 Å². The Morgan fingerprint density at radius 1 is 1.28 bits per heavy atom. The summed E-state index contributed by atoms with van der Waals surface area (Å²) in [5, 5.41) is 11.0. The number of thioether (sulfide) groups is 1. The number of hydrogen-bond acceptors (Lipinski definition) is 6. The minimum absolute atomic E-state index is 0.165. The number of aliphatic hydroxyl groups excluding tert-OH is 1. The second-order valence-corrected chi connectivity index (χ2v) is 7.75. The number of benzene rings is 1. The summed E-state index contributed by atoms with van der Waals surface area (Å²) < 4.78 is 17.0. The molecular formula is C19H23NO4S. The molecule has 1 aromatic heterocycles. The van der Waals surface area contributed by atoms with Gasteiger partial charge < -0.3 is 23.9 Å². The van der Waals surface area contributed by atoms with Crippen LogP contribution in [0.2, 0.25) is 0 Å². The Morgan fingerprint density at radius 3 is 2.92 bits per heavy atom. The minimum atomic E-state index is -0.180. The number of furan rings is 1. The van der Waals surface area contributed by atoms with E-state index in [0.29, 0.717) is 19.8 Å². The summed E-state index contributed by atoms with van der Waals surface area (Å²) in [4.78, 5) is 3.45. The Morgan fingerprint density at radius 2 is 2.12 bits per heavy atom. The highest BCUT2D eigenvalue weighted by Gasteiger charge is 2.38. The summed E-state index contributed by atoms with van der Waals surface area (Å²) in [5.41, 5.74) is 0.704. The highest BCUT2D eigenvalue weighted by Crippen LogP contribution is 2.36. The largest absolute Gasteiger partial charge is 0.488 e. The van der Waals surface area contributed by atoms with E-state index < -0.39 is 0 Å². The molecule has 2 aromatic rings. The number of hydrogen-bond donors (Lipinski definition) is 1. The first kappa shape index (κ1) is 16.8. The van der Waals surface area contributed by atoms with Gasteiger partial charge in [-0.25, -0.2) is 0 Å². The van der Waals surface area contributed by atoms with Crippen molar-refractivity contribution in [1.82, 2.24) is 4.90 Å². The van der Waals surface area contributed by atoms with Gasteiger partial charge in [0.25, 0.3) is 0 Å². The van der Waals surface area contributed by atoms with Gasteiger partial charge in [-0.1, -0.05) is 0 Å². The van der Waals surface area contributed by atoms with Crippen molar-refractivity contribution >= 4 is 22.7 Å². The molecule has 3 heterocycles. The molecule has 2 aliphatic rings. The summed E-state index contributed by atoms with van der Waals surface area (Å²) in [6, 6.07) is 7.92. The lowest BCUT2D eigenvalue weighted by atomic mass is 9.89. The van der Waals surface area contributed by atoms with E-state index in [1.54, 1.807) is 11.8 Å². The van der Waals surface area contributed by atoms with Crippen LogP contribution < -0.4 is 4.74 Å². The van der Waals surface area contributed by atoms with Crippen LogP contribution in [-0.4, -0.2) is 47.8 Å². The van der Waals surface area contributed by atoms with Gasteiger partial charge >= 0.3 is 0 Å². The monoisotopic (exact) mass is 361 g/mol. The Kier molecular flexibility index (Phi) is 4.67. The summed E-state index contributed by atoms with van der Waals surface area (Å²) >= 11 is 1.78. The lowest BCUT2D eigenvalue weighted by molar-refractivity contribution is -0.0299. The fraction of sp³-hybridized carbons (Fsp3) is 0.474. The summed E-state index contributed by atoms with van der Waals surface area (Å²) in [5.74, 6) is 2.61. The summed E-state index contributed by atoms with van der Waals surface area (Å²) in [7, 11) is 0. The molecule has 0 saturated carbocycles. The molecule has 1 fully saturated rings. The number of aliphatic hydroxyl groups is 1. The molecular weight excluding hydrogens is 338 g/mol. The molecule has 1 saturated heterocycles. The normalized spacial score (nSPS) is 20.1. The third-order valence-corrected chi connectivity index (χ3v) is 6.01. The van der Waals surface area contributed by atoms with Gasteiger partial charge in [-0.15, -0.1) is 11.8 Å². The molecule has 5 nitrogen and oxygen atoms in total. The van der Waals surface area contributed by atoms with Crippen LogP contribution >= 0.6 is 11.8 Å². The molecule has 0 bridgehead atoms. The van der Waals surface area contributed by atoms with E-state index >= 15 is 0 Å². The summed E-state index contributed by atoms with van der Waals surface area (Å²) in [6.45, 7) is 4.08. The standard InChI is InChI=1S/C19H23NO4S/c1-14-8-15-9-16(2-3-18(15)24-14)23-11-17-10-20(13-25-17)19(12-21)4-6-22-7-5-19/h2-3,8-10,21H,4-7,11-13H2,1H3. The van der Waals surface area contributed by atoms with Crippen LogP contribution in [0.25, 0.3) is 11.0 Å². The molecule has 0 atom stereocenters. The van der Waals surface area contributed by atoms with Crippen molar-refractivity contribution in [2.75, 3.05) is 32.3 Å². The summed E-state index contributed by atoms with van der Waals surface area (Å²) in [6.07, 6.45) is 3.88. The van der Waals surface area contributed by atoms with Crippen molar-refractivity contribution in [3.05, 3.63) is 41.1 Å². The zero-order valence-electron chi connectivity index (χ0n) is 14.4. The molecule has 1 N–H and O–H groups in total. The van der Waals surface area contributed by atoms with Crippen molar-refractivity contribution < 1.29 is 19.0 Å². The molecule has 134 valence electrons. The molecule has 0 amide bonds. The maximum atomic E-state index is 9.92. The van der Waals surface area contributed by atoms with Gasteiger partial charge in [0.05, 0.1) is 18.0 Å². The first-order valence-corrected chi connectivity index (χ1v) is 9.59. The number of nitrogens with zero attached hydrogens (tertiary/aromatic N) is 1. The van der Waals surface area contributed by atoms with Crippen LogP contribution in [0.1, 0.15) is 18.6 Å². The first-order valence-electron chi connectivity index (χ1n) is 8.60. The number of aryl methyl sites for hydroxylation is 1. The maximum Gasteiger partial charge on any atom is 0.134 e. The molecule has 0 spiro atoms. The molecule has 6 heteroatoms. The van der Waals surface area contributed by atoms with Gasteiger partial charge in [-0.2, -0.15) is 0 Å². The second kappa shape index (κ2) is 6.94. The van der Waals surface area contributed by atoms with Gasteiger partial charge in [-0.05, 0) is 44.0 Å². The average Bonchev–Trinajstić information content (AvgIpc) is 3.26. The van der Waals surface area contributed by atoms with E-state index in [-0.39, 0.29) is 12.1 Å². The van der Waals surface area contributed by atoms with Gasteiger partial charge in [0, 0.05) is 29.7 Å². The topological polar surface area (TPSA) is 55.1 Å². The third kappa shape index (κ3) is 3.38. The maximum absolute atomic E-state index is 9.92. The SMILES string of the molecule is Cc1cc2cc(OCC3=CN(C4(CO)CCOCC4)CS3)ccc2o1. The molecule has 25 heavy (non-hydrogen) atoms. The minimum Gasteiger partial charge on any atom is -0.488 e. The predicted molar refractivity (Wildman–Crippen MR) is 98.7 cm³/mol. The van der Waals surface area contributed by atoms with Crippen molar-refractivity contribution in [3.63, 3.8) is 0 Å². The molecule has 1 aromatic carbocycles. The van der Waals surface area contributed by atoms with Gasteiger partial charge in [0.15, 0.2) is 0 Å². The van der Waals surface area contributed by atoms with Crippen LogP contribution in [0.15, 0.2) is 39.8 Å². The van der Waals surface area contributed by atoms with E-state index in [0.717, 1.165) is 41.2 Å². The van der Waals surface area contributed by atoms with Crippen LogP contribution in [0.5, 0.6) is 5.75 Å². The molecule has 2 aliphatic heterocycles. The van der Waals surface area contributed by atoms with Crippen LogP contribution in [0, 0.1) is 6.92 Å².